The van der Waals surface area contributed by atoms with Crippen LogP contribution in [0.5, 0.6) is 11.5 Å². The first-order valence-electron chi connectivity index (χ1n) is 7.61. The van der Waals surface area contributed by atoms with Gasteiger partial charge in [0, 0.05) is 24.8 Å². The van der Waals surface area contributed by atoms with Gasteiger partial charge in [-0.05, 0) is 38.3 Å². The quantitative estimate of drug-likeness (QED) is 0.801. The maximum absolute atomic E-state index is 12.7. The number of benzene rings is 1. The highest BCUT2D eigenvalue weighted by atomic mass is 19.3. The Morgan fingerprint density at radius 1 is 1.41 bits per heavy atom. The van der Waals surface area contributed by atoms with E-state index in [0.717, 1.165) is 32.2 Å². The molecule has 124 valence electrons. The average Bonchev–Trinajstić information content (AvgIpc) is 2.93. The number of aliphatic hydroxyl groups is 1. The highest BCUT2D eigenvalue weighted by Gasteiger charge is 2.26. The first-order chi connectivity index (χ1) is 10.7. The van der Waals surface area contributed by atoms with Crippen molar-refractivity contribution >= 4 is 0 Å². The molecule has 1 fully saturated rings. The Hall–Kier alpha value is -1.40. The van der Waals surface area contributed by atoms with Crippen LogP contribution in [0.15, 0.2) is 18.2 Å². The number of likely N-dealkylation sites (tertiary alicyclic amines) is 1. The first-order valence-corrected chi connectivity index (χ1v) is 7.61. The van der Waals surface area contributed by atoms with E-state index >= 15 is 0 Å². The summed E-state index contributed by atoms with van der Waals surface area (Å²) in [4.78, 5) is 2.27. The van der Waals surface area contributed by atoms with Crippen molar-refractivity contribution in [2.45, 2.75) is 44.9 Å². The van der Waals surface area contributed by atoms with Crippen LogP contribution >= 0.6 is 0 Å². The third kappa shape index (κ3) is 4.30. The fourth-order valence-corrected chi connectivity index (χ4v) is 3.05. The summed E-state index contributed by atoms with van der Waals surface area (Å²) in [5, 5.41) is 8.98. The van der Waals surface area contributed by atoms with Gasteiger partial charge in [-0.3, -0.25) is 4.90 Å². The molecule has 1 aliphatic heterocycles. The van der Waals surface area contributed by atoms with Gasteiger partial charge in [0.1, 0.15) is 0 Å². The van der Waals surface area contributed by atoms with E-state index in [1.807, 2.05) is 0 Å². The summed E-state index contributed by atoms with van der Waals surface area (Å²) < 4.78 is 35.1. The molecule has 2 rings (SSSR count). The summed E-state index contributed by atoms with van der Waals surface area (Å²) >= 11 is 0. The normalized spacial score (nSPS) is 18.9. The predicted molar refractivity (Wildman–Crippen MR) is 79.4 cm³/mol. The molecule has 22 heavy (non-hydrogen) atoms. The lowest BCUT2D eigenvalue weighted by atomic mass is 10.1. The van der Waals surface area contributed by atoms with E-state index in [9.17, 15) is 8.78 Å². The third-order valence-electron chi connectivity index (χ3n) is 4.06. The minimum atomic E-state index is -2.88. The van der Waals surface area contributed by atoms with Gasteiger partial charge in [-0.25, -0.2) is 0 Å². The number of para-hydroxylation sites is 1. The molecule has 0 bridgehead atoms. The number of ether oxygens (including phenoxy) is 2. The van der Waals surface area contributed by atoms with Gasteiger partial charge in [-0.15, -0.1) is 0 Å². The molecule has 0 aromatic heterocycles. The second-order valence-corrected chi connectivity index (χ2v) is 5.46. The van der Waals surface area contributed by atoms with Crippen LogP contribution < -0.4 is 9.47 Å². The monoisotopic (exact) mass is 315 g/mol. The van der Waals surface area contributed by atoms with E-state index in [4.69, 9.17) is 9.84 Å². The molecule has 1 aromatic rings. The van der Waals surface area contributed by atoms with Crippen LogP contribution in [0.3, 0.4) is 0 Å². The number of hydrogen-bond acceptors (Lipinski definition) is 4. The van der Waals surface area contributed by atoms with Crippen LogP contribution in [-0.2, 0) is 6.54 Å². The smallest absolute Gasteiger partial charge is 0.387 e. The van der Waals surface area contributed by atoms with Gasteiger partial charge < -0.3 is 14.6 Å². The van der Waals surface area contributed by atoms with Crippen molar-refractivity contribution in [2.24, 2.45) is 0 Å². The predicted octanol–water partition coefficient (Wildman–Crippen LogP) is 3.03. The molecule has 0 aliphatic carbocycles. The summed E-state index contributed by atoms with van der Waals surface area (Å²) in [5.41, 5.74) is 0.704. The summed E-state index contributed by atoms with van der Waals surface area (Å²) in [5.74, 6) is 0.441. The van der Waals surface area contributed by atoms with Crippen LogP contribution in [0.4, 0.5) is 8.78 Å². The topological polar surface area (TPSA) is 41.9 Å². The van der Waals surface area contributed by atoms with Crippen LogP contribution in [0, 0.1) is 0 Å². The first kappa shape index (κ1) is 17.0. The molecule has 0 spiro atoms. The molecule has 1 unspecified atom stereocenters. The molecule has 1 aromatic carbocycles. The minimum absolute atomic E-state index is 0.118. The summed E-state index contributed by atoms with van der Waals surface area (Å²) in [6.07, 6.45) is 3.85. The standard InChI is InChI=1S/C16H23F2NO3/c1-21-14-8-2-5-12(15(14)22-16(17)18)11-19-9-3-6-13(19)7-4-10-20/h2,5,8,13,16,20H,3-4,6-7,9-11H2,1H3. The summed E-state index contributed by atoms with van der Waals surface area (Å²) in [6, 6.07) is 5.58. The Bertz CT molecular complexity index is 471. The Kier molecular flexibility index (Phi) is 6.39. The molecule has 1 aliphatic rings. The van der Waals surface area contributed by atoms with E-state index in [1.165, 1.54) is 7.11 Å². The number of halogens is 2. The zero-order valence-electron chi connectivity index (χ0n) is 12.8. The van der Waals surface area contributed by atoms with Crippen LogP contribution in [0.25, 0.3) is 0 Å². The van der Waals surface area contributed by atoms with Gasteiger partial charge in [0.15, 0.2) is 11.5 Å². The van der Waals surface area contributed by atoms with Crippen LogP contribution in [0.2, 0.25) is 0 Å². The zero-order chi connectivity index (χ0) is 15.9. The van der Waals surface area contributed by atoms with E-state index in [-0.39, 0.29) is 12.4 Å². The fourth-order valence-electron chi connectivity index (χ4n) is 3.05. The number of hydrogen-bond donors (Lipinski definition) is 1. The molecular weight excluding hydrogens is 292 g/mol. The SMILES string of the molecule is COc1cccc(CN2CCCC2CCCO)c1OC(F)F. The molecule has 1 heterocycles. The van der Waals surface area contributed by atoms with E-state index in [1.54, 1.807) is 18.2 Å². The lowest BCUT2D eigenvalue weighted by molar-refractivity contribution is -0.0522. The molecule has 4 nitrogen and oxygen atoms in total. The lowest BCUT2D eigenvalue weighted by Crippen LogP contribution is -2.29. The van der Waals surface area contributed by atoms with Gasteiger partial charge in [-0.1, -0.05) is 12.1 Å². The number of methoxy groups -OCH3 is 1. The molecule has 1 atom stereocenters. The average molecular weight is 315 g/mol. The lowest BCUT2D eigenvalue weighted by Gasteiger charge is -2.25. The van der Waals surface area contributed by atoms with Crippen molar-refractivity contribution in [1.82, 2.24) is 4.90 Å². The molecule has 6 heteroatoms. The van der Waals surface area contributed by atoms with E-state index < -0.39 is 6.61 Å². The molecule has 0 amide bonds. The molecule has 0 saturated carbocycles. The second-order valence-electron chi connectivity index (χ2n) is 5.46. The van der Waals surface area contributed by atoms with Crippen molar-refractivity contribution < 1.29 is 23.4 Å². The number of alkyl halides is 2. The zero-order valence-corrected chi connectivity index (χ0v) is 12.8. The van der Waals surface area contributed by atoms with Gasteiger partial charge in [0.2, 0.25) is 0 Å². The molecule has 1 N–H and O–H groups in total. The van der Waals surface area contributed by atoms with Crippen molar-refractivity contribution in [3.63, 3.8) is 0 Å². The summed E-state index contributed by atoms with van der Waals surface area (Å²) in [6.45, 7) is -1.21. The van der Waals surface area contributed by atoms with Crippen molar-refractivity contribution in [2.75, 3.05) is 20.3 Å². The van der Waals surface area contributed by atoms with Crippen LogP contribution in [-0.4, -0.2) is 42.9 Å². The highest BCUT2D eigenvalue weighted by molar-refractivity contribution is 5.46. The van der Waals surface area contributed by atoms with E-state index in [2.05, 4.69) is 9.64 Å². The van der Waals surface area contributed by atoms with Crippen LogP contribution in [0.1, 0.15) is 31.2 Å². The van der Waals surface area contributed by atoms with Gasteiger partial charge in [0.25, 0.3) is 0 Å². The third-order valence-corrected chi connectivity index (χ3v) is 4.06. The maximum atomic E-state index is 12.7. The van der Waals surface area contributed by atoms with Gasteiger partial charge >= 0.3 is 6.61 Å². The van der Waals surface area contributed by atoms with Crippen molar-refractivity contribution in [3.05, 3.63) is 23.8 Å². The van der Waals surface area contributed by atoms with E-state index in [0.29, 0.717) is 23.9 Å². The maximum Gasteiger partial charge on any atom is 0.387 e. The fraction of sp³-hybridized carbons (Fsp3) is 0.625. The number of nitrogens with zero attached hydrogens (tertiary/aromatic N) is 1. The number of rotatable bonds is 8. The Balaban J connectivity index is 2.14. The molecular formula is C16H23F2NO3. The highest BCUT2D eigenvalue weighted by Crippen LogP contribution is 2.35. The molecule has 1 saturated heterocycles. The second kappa shape index (κ2) is 8.29. The minimum Gasteiger partial charge on any atom is -0.493 e. The summed E-state index contributed by atoms with van der Waals surface area (Å²) in [7, 11) is 1.44. The molecule has 0 radical (unpaired) electrons. The Labute approximate surface area is 129 Å². The Morgan fingerprint density at radius 2 is 2.23 bits per heavy atom. The van der Waals surface area contributed by atoms with Crippen molar-refractivity contribution in [1.29, 1.82) is 0 Å². The largest absolute Gasteiger partial charge is 0.493 e. The number of aliphatic hydroxyl groups excluding tert-OH is 1. The van der Waals surface area contributed by atoms with Crippen molar-refractivity contribution in [3.8, 4) is 11.5 Å². The van der Waals surface area contributed by atoms with Gasteiger partial charge in [0.05, 0.1) is 7.11 Å². The van der Waals surface area contributed by atoms with Gasteiger partial charge in [-0.2, -0.15) is 8.78 Å². The Morgan fingerprint density at radius 3 is 2.91 bits per heavy atom.